The van der Waals surface area contributed by atoms with Crippen molar-refractivity contribution in [2.24, 2.45) is 11.7 Å². The number of anilines is 1. The van der Waals surface area contributed by atoms with E-state index in [0.29, 0.717) is 16.6 Å². The zero-order valence-electron chi connectivity index (χ0n) is 18.7. The summed E-state index contributed by atoms with van der Waals surface area (Å²) in [5.41, 5.74) is 12.6. The molecule has 9 nitrogen and oxygen atoms in total. The monoisotopic (exact) mass is 498 g/mol. The molecule has 2 bridgehead atoms. The van der Waals surface area contributed by atoms with E-state index in [9.17, 15) is 18.8 Å². The average Bonchev–Trinajstić information content (AvgIpc) is 3.53. The Morgan fingerprint density at radius 2 is 2.00 bits per heavy atom. The van der Waals surface area contributed by atoms with Gasteiger partial charge in [-0.15, -0.1) is 0 Å². The van der Waals surface area contributed by atoms with E-state index in [2.05, 4.69) is 10.4 Å². The Bertz CT molecular complexity index is 1360. The van der Waals surface area contributed by atoms with Crippen LogP contribution in [0.4, 0.5) is 10.1 Å². The molecule has 5 N–H and O–H groups in total. The molecule has 3 atom stereocenters. The zero-order valence-corrected chi connectivity index (χ0v) is 19.5. The van der Waals surface area contributed by atoms with Gasteiger partial charge in [0.05, 0.1) is 10.5 Å². The number of aromatic nitrogens is 2. The van der Waals surface area contributed by atoms with Gasteiger partial charge in [0.1, 0.15) is 18.4 Å². The summed E-state index contributed by atoms with van der Waals surface area (Å²) in [6.45, 7) is -0.196. The fourth-order valence-electron chi connectivity index (χ4n) is 5.37. The topological polar surface area (TPSA) is 136 Å². The summed E-state index contributed by atoms with van der Waals surface area (Å²) < 4.78 is 15.7. The molecule has 0 spiro atoms. The van der Waals surface area contributed by atoms with E-state index in [4.69, 9.17) is 23.1 Å². The molecule has 182 valence electrons. The standard InChI is InChI=1S/C24H24ClFN6O3/c25-17-3-1-2-13(20(17)26)10-29-24(35)22-12-4-6-15(8-12)32(22)19(33)11-31-18-7-5-14(27)9-16(18)21(30-31)23(28)34/h1-3,5,7,9,12,15,22H,4,6,8,10-11,27H2,(H2,28,34)(H,29,35)/t12-,15+,22-/m0/s1. The third kappa shape index (κ3) is 4.07. The van der Waals surface area contributed by atoms with Gasteiger partial charge in [-0.05, 0) is 49.4 Å². The van der Waals surface area contributed by atoms with Crippen LogP contribution < -0.4 is 16.8 Å². The second kappa shape index (κ2) is 8.84. The maximum atomic E-state index is 14.2. The molecule has 35 heavy (non-hydrogen) atoms. The smallest absolute Gasteiger partial charge is 0.269 e. The first kappa shape index (κ1) is 23.1. The van der Waals surface area contributed by atoms with Gasteiger partial charge in [0.15, 0.2) is 5.69 Å². The minimum absolute atomic E-state index is 0.0167. The Kier molecular flexibility index (Phi) is 5.84. The normalized spacial score (nSPS) is 21.0. The first-order chi connectivity index (χ1) is 16.7. The predicted octanol–water partition coefficient (Wildman–Crippen LogP) is 2.21. The SMILES string of the molecule is NC(=O)c1nn(CC(=O)N2[C@@H]3CC[C@@H](C3)[C@H]2C(=O)NCc2cccc(Cl)c2F)c2ccc(N)cc12. The lowest BCUT2D eigenvalue weighted by atomic mass is 9.97. The van der Waals surface area contributed by atoms with E-state index in [1.807, 2.05) is 0 Å². The summed E-state index contributed by atoms with van der Waals surface area (Å²) in [4.78, 5) is 40.1. The molecule has 2 aliphatic rings. The van der Waals surface area contributed by atoms with Gasteiger partial charge in [-0.3, -0.25) is 19.1 Å². The molecule has 1 aliphatic heterocycles. The Labute approximate surface area is 205 Å². The summed E-state index contributed by atoms with van der Waals surface area (Å²) >= 11 is 5.84. The number of nitrogens with zero attached hydrogens (tertiary/aromatic N) is 3. The van der Waals surface area contributed by atoms with Crippen LogP contribution in [0.1, 0.15) is 35.3 Å². The van der Waals surface area contributed by atoms with Crippen LogP contribution in [0.3, 0.4) is 0 Å². The molecule has 3 amide bonds. The van der Waals surface area contributed by atoms with E-state index in [1.54, 1.807) is 35.2 Å². The number of piperidine rings is 1. The average molecular weight is 499 g/mol. The van der Waals surface area contributed by atoms with Crippen molar-refractivity contribution in [2.45, 2.75) is 44.4 Å². The summed E-state index contributed by atoms with van der Waals surface area (Å²) in [5, 5.41) is 7.47. The summed E-state index contributed by atoms with van der Waals surface area (Å²) in [7, 11) is 0. The van der Waals surface area contributed by atoms with E-state index >= 15 is 0 Å². The number of carbonyl (C=O) groups is 3. The van der Waals surface area contributed by atoms with Crippen molar-refractivity contribution in [3.05, 3.63) is 58.5 Å². The van der Waals surface area contributed by atoms with E-state index < -0.39 is 17.8 Å². The fourth-order valence-corrected chi connectivity index (χ4v) is 5.56. The van der Waals surface area contributed by atoms with Crippen molar-refractivity contribution in [1.29, 1.82) is 0 Å². The number of nitrogens with two attached hydrogens (primary N) is 2. The summed E-state index contributed by atoms with van der Waals surface area (Å²) in [6, 6.07) is 8.81. The van der Waals surface area contributed by atoms with E-state index in [0.717, 1.165) is 19.3 Å². The van der Waals surface area contributed by atoms with Crippen molar-refractivity contribution in [3.63, 3.8) is 0 Å². The number of nitrogen functional groups attached to an aromatic ring is 1. The first-order valence-corrected chi connectivity index (χ1v) is 11.7. The number of halogens is 2. The Hall–Kier alpha value is -3.66. The predicted molar refractivity (Wildman–Crippen MR) is 128 cm³/mol. The van der Waals surface area contributed by atoms with Crippen molar-refractivity contribution >= 4 is 45.9 Å². The van der Waals surface area contributed by atoms with Crippen LogP contribution in [0.15, 0.2) is 36.4 Å². The van der Waals surface area contributed by atoms with Crippen LogP contribution in [0, 0.1) is 11.7 Å². The molecule has 5 rings (SSSR count). The third-order valence-corrected chi connectivity index (χ3v) is 7.21. The maximum absolute atomic E-state index is 14.2. The van der Waals surface area contributed by atoms with E-state index in [1.165, 1.54) is 10.7 Å². The summed E-state index contributed by atoms with van der Waals surface area (Å²) in [5.74, 6) is -1.89. The minimum atomic E-state index is -0.725. The molecule has 0 unspecified atom stereocenters. The Morgan fingerprint density at radius 1 is 1.20 bits per heavy atom. The van der Waals surface area contributed by atoms with Crippen LogP contribution in [0.5, 0.6) is 0 Å². The number of likely N-dealkylation sites (tertiary alicyclic amines) is 1. The van der Waals surface area contributed by atoms with Gasteiger partial charge >= 0.3 is 0 Å². The Morgan fingerprint density at radius 3 is 2.77 bits per heavy atom. The number of nitrogens with one attached hydrogen (secondary N) is 1. The number of amides is 3. The van der Waals surface area contributed by atoms with Crippen LogP contribution in [-0.2, 0) is 22.7 Å². The van der Waals surface area contributed by atoms with Gasteiger partial charge in [0.25, 0.3) is 5.91 Å². The molecule has 11 heteroatoms. The fraction of sp³-hybridized carbons (Fsp3) is 0.333. The van der Waals surface area contributed by atoms with Crippen LogP contribution in [0.25, 0.3) is 10.9 Å². The van der Waals surface area contributed by atoms with Crippen LogP contribution >= 0.6 is 11.6 Å². The Balaban J connectivity index is 1.37. The lowest BCUT2D eigenvalue weighted by molar-refractivity contribution is -0.143. The molecule has 2 heterocycles. The van der Waals surface area contributed by atoms with Crippen molar-refractivity contribution < 1.29 is 18.8 Å². The molecular weight excluding hydrogens is 475 g/mol. The molecule has 0 radical (unpaired) electrons. The number of carbonyl (C=O) groups excluding carboxylic acids is 3. The first-order valence-electron chi connectivity index (χ1n) is 11.3. The number of hydrogen-bond acceptors (Lipinski definition) is 5. The maximum Gasteiger partial charge on any atom is 0.269 e. The lowest BCUT2D eigenvalue weighted by Crippen LogP contribution is -2.53. The van der Waals surface area contributed by atoms with Gasteiger partial charge in [0.2, 0.25) is 11.8 Å². The van der Waals surface area contributed by atoms with Crippen molar-refractivity contribution in [1.82, 2.24) is 20.0 Å². The van der Waals surface area contributed by atoms with Gasteiger partial charge in [-0.1, -0.05) is 23.7 Å². The second-order valence-electron chi connectivity index (χ2n) is 9.05. The number of fused-ring (bicyclic) bond motifs is 3. The second-order valence-corrected chi connectivity index (χ2v) is 9.46. The summed E-state index contributed by atoms with van der Waals surface area (Å²) in [6.07, 6.45) is 2.39. The van der Waals surface area contributed by atoms with Gasteiger partial charge < -0.3 is 21.7 Å². The highest BCUT2D eigenvalue weighted by molar-refractivity contribution is 6.30. The van der Waals surface area contributed by atoms with Crippen LogP contribution in [-0.4, -0.2) is 44.5 Å². The zero-order chi connectivity index (χ0) is 24.9. The molecule has 3 aromatic rings. The minimum Gasteiger partial charge on any atom is -0.399 e. The molecule has 2 fully saturated rings. The third-order valence-electron chi connectivity index (χ3n) is 6.92. The number of rotatable bonds is 6. The van der Waals surface area contributed by atoms with Gasteiger partial charge in [-0.25, -0.2) is 4.39 Å². The molecule has 2 aromatic carbocycles. The molecule has 1 aliphatic carbocycles. The van der Waals surface area contributed by atoms with Gasteiger partial charge in [-0.2, -0.15) is 5.10 Å². The highest BCUT2D eigenvalue weighted by Crippen LogP contribution is 2.42. The van der Waals surface area contributed by atoms with Gasteiger partial charge in [0, 0.05) is 29.2 Å². The molecule has 1 saturated heterocycles. The van der Waals surface area contributed by atoms with Crippen LogP contribution in [0.2, 0.25) is 5.02 Å². The number of primary amides is 1. The number of hydrogen-bond donors (Lipinski definition) is 3. The highest BCUT2D eigenvalue weighted by Gasteiger charge is 2.51. The molecule has 1 saturated carbocycles. The van der Waals surface area contributed by atoms with Crippen molar-refractivity contribution in [3.8, 4) is 0 Å². The highest BCUT2D eigenvalue weighted by atomic mass is 35.5. The number of benzene rings is 2. The van der Waals surface area contributed by atoms with E-state index in [-0.39, 0.29) is 53.1 Å². The quantitative estimate of drug-likeness (QED) is 0.447. The van der Waals surface area contributed by atoms with Crippen molar-refractivity contribution in [2.75, 3.05) is 5.73 Å². The largest absolute Gasteiger partial charge is 0.399 e. The molecule has 1 aromatic heterocycles. The lowest BCUT2D eigenvalue weighted by Gasteiger charge is -2.34. The molecular formula is C24H24ClFN6O3.